The Morgan fingerprint density at radius 3 is 2.31 bits per heavy atom. The predicted octanol–water partition coefficient (Wildman–Crippen LogP) is 2.29. The van der Waals surface area contributed by atoms with Gasteiger partial charge in [0.05, 0.1) is 43.5 Å². The van der Waals surface area contributed by atoms with Crippen LogP contribution in [0.1, 0.15) is 41.6 Å². The second-order valence-electron chi connectivity index (χ2n) is 13.5. The van der Waals surface area contributed by atoms with Crippen molar-refractivity contribution in [1.29, 1.82) is 0 Å². The smallest absolute Gasteiger partial charge is 0.264 e. The lowest BCUT2D eigenvalue weighted by molar-refractivity contribution is -0.139. The van der Waals surface area contributed by atoms with Crippen LogP contribution in [0.5, 0.6) is 0 Å². The van der Waals surface area contributed by atoms with Crippen molar-refractivity contribution in [1.82, 2.24) is 25.6 Å². The monoisotopic (exact) mass is 704 g/mol. The van der Waals surface area contributed by atoms with Crippen LogP contribution in [0.15, 0.2) is 91.1 Å². The average molecular weight is 705 g/mol. The van der Waals surface area contributed by atoms with Crippen LogP contribution in [0.25, 0.3) is 0 Å². The molecule has 13 nitrogen and oxygen atoms in total. The molecule has 1 aromatic heterocycles. The molecule has 0 spiro atoms. The molecule has 52 heavy (non-hydrogen) atoms. The number of nitrogens with one attached hydrogen (secondary N) is 2. The first-order chi connectivity index (χ1) is 25.3. The molecule has 7 rings (SSSR count). The highest BCUT2D eigenvalue weighted by Crippen LogP contribution is 2.47. The van der Waals surface area contributed by atoms with E-state index in [1.807, 2.05) is 92.0 Å². The van der Waals surface area contributed by atoms with E-state index < -0.39 is 17.4 Å². The SMILES string of the molecule is C[C@H](/C=C/CCn1cc(C(CO)c2ccccc2)nn1)[C@@]1(O)C(=O)N(Cc2cccc(N3CCNCC3=O)c2)c2ccc(N3CCNCC3=O)cc21. The van der Waals surface area contributed by atoms with Crippen LogP contribution >= 0.6 is 0 Å². The molecule has 270 valence electrons. The van der Waals surface area contributed by atoms with Gasteiger partial charge >= 0.3 is 0 Å². The third kappa shape index (κ3) is 6.87. The number of aliphatic hydroxyl groups excluding tert-OH is 1. The van der Waals surface area contributed by atoms with Gasteiger partial charge in [0.15, 0.2) is 5.60 Å². The van der Waals surface area contributed by atoms with Crippen LogP contribution in [0.2, 0.25) is 0 Å². The minimum atomic E-state index is -1.89. The fraction of sp³-hybridized carbons (Fsp3) is 0.359. The van der Waals surface area contributed by atoms with Gasteiger partial charge < -0.3 is 35.5 Å². The topological polar surface area (TPSA) is 156 Å². The molecule has 4 heterocycles. The predicted molar refractivity (Wildman–Crippen MR) is 197 cm³/mol. The Morgan fingerprint density at radius 2 is 1.62 bits per heavy atom. The van der Waals surface area contributed by atoms with Gasteiger partial charge in [-0.05, 0) is 47.9 Å². The van der Waals surface area contributed by atoms with E-state index in [0.29, 0.717) is 61.8 Å². The van der Waals surface area contributed by atoms with Crippen molar-refractivity contribution in [2.24, 2.45) is 5.92 Å². The minimum absolute atomic E-state index is 0.0123. The van der Waals surface area contributed by atoms with E-state index in [9.17, 15) is 24.6 Å². The number of hydrogen-bond acceptors (Lipinski definition) is 9. The van der Waals surface area contributed by atoms with Crippen molar-refractivity contribution in [2.75, 3.05) is 60.6 Å². The largest absolute Gasteiger partial charge is 0.395 e. The van der Waals surface area contributed by atoms with Crippen molar-refractivity contribution in [2.45, 2.75) is 38.0 Å². The number of anilines is 3. The molecule has 3 amide bonds. The van der Waals surface area contributed by atoms with E-state index in [1.54, 1.807) is 25.4 Å². The molecular formula is C39H44N8O5. The lowest BCUT2D eigenvalue weighted by atomic mass is 9.82. The first kappa shape index (κ1) is 35.2. The summed E-state index contributed by atoms with van der Waals surface area (Å²) in [6.45, 7) is 5.31. The van der Waals surface area contributed by atoms with E-state index in [0.717, 1.165) is 16.8 Å². The summed E-state index contributed by atoms with van der Waals surface area (Å²) in [5, 5.41) is 37.2. The van der Waals surface area contributed by atoms with Crippen LogP contribution in [0.4, 0.5) is 17.1 Å². The first-order valence-corrected chi connectivity index (χ1v) is 17.8. The van der Waals surface area contributed by atoms with E-state index in [4.69, 9.17) is 0 Å². The van der Waals surface area contributed by atoms with Gasteiger partial charge in [-0.15, -0.1) is 5.10 Å². The summed E-state index contributed by atoms with van der Waals surface area (Å²) in [5.41, 5.74) is 2.99. The molecule has 1 unspecified atom stereocenters. The highest BCUT2D eigenvalue weighted by atomic mass is 16.3. The Kier molecular flexibility index (Phi) is 10.3. The molecule has 2 fully saturated rings. The van der Waals surface area contributed by atoms with Crippen molar-refractivity contribution in [3.63, 3.8) is 0 Å². The maximum Gasteiger partial charge on any atom is 0.264 e. The molecule has 3 aliphatic rings. The van der Waals surface area contributed by atoms with Gasteiger partial charge in [-0.2, -0.15) is 0 Å². The van der Waals surface area contributed by atoms with Crippen LogP contribution in [-0.2, 0) is 33.1 Å². The van der Waals surface area contributed by atoms with Crippen molar-refractivity contribution < 1.29 is 24.6 Å². The van der Waals surface area contributed by atoms with Crippen LogP contribution in [-0.4, -0.2) is 88.8 Å². The highest BCUT2D eigenvalue weighted by Gasteiger charge is 2.52. The highest BCUT2D eigenvalue weighted by molar-refractivity contribution is 6.08. The zero-order valence-corrected chi connectivity index (χ0v) is 29.2. The number of amides is 3. The number of hydrogen-bond donors (Lipinski definition) is 4. The fourth-order valence-corrected chi connectivity index (χ4v) is 7.31. The summed E-state index contributed by atoms with van der Waals surface area (Å²) in [4.78, 5) is 44.9. The van der Waals surface area contributed by atoms with Gasteiger partial charge in [-0.25, -0.2) is 0 Å². The number of nitrogens with zero attached hydrogens (tertiary/aromatic N) is 6. The third-order valence-corrected chi connectivity index (χ3v) is 10.2. The molecule has 0 bridgehead atoms. The van der Waals surface area contributed by atoms with Crippen LogP contribution in [0, 0.1) is 5.92 Å². The molecule has 4 aromatic rings. The van der Waals surface area contributed by atoms with Gasteiger partial charge in [0.25, 0.3) is 5.91 Å². The Bertz CT molecular complexity index is 1960. The standard InChI is InChI=1S/C39H44N8O5/c1-27(8-5-6-17-44-25-34(42-43-44)32(26-48)29-10-3-2-4-11-29)39(52)33-21-31(46-19-16-41-23-37(46)50)13-14-35(33)47(38(39)51)24-28-9-7-12-30(20-28)45-18-15-40-22-36(45)49/h2-5,7-14,20-21,25,27,32,40-41,48,52H,6,15-19,22-24,26H2,1H3/b8-5+/t27-,32?,39+/m1/s1. The molecule has 2 saturated heterocycles. The number of aliphatic hydroxyl groups is 2. The summed E-state index contributed by atoms with van der Waals surface area (Å²) in [7, 11) is 0. The molecule has 3 atom stereocenters. The zero-order valence-electron chi connectivity index (χ0n) is 29.2. The Morgan fingerprint density at radius 1 is 0.904 bits per heavy atom. The molecule has 3 aromatic carbocycles. The molecule has 0 aliphatic carbocycles. The van der Waals surface area contributed by atoms with Gasteiger partial charge in [-0.1, -0.05) is 66.8 Å². The Balaban J connectivity index is 1.12. The number of carbonyl (C=O) groups is 3. The van der Waals surface area contributed by atoms with E-state index in [-0.39, 0.29) is 44.0 Å². The second kappa shape index (κ2) is 15.2. The van der Waals surface area contributed by atoms with E-state index in [1.165, 1.54) is 0 Å². The number of allylic oxidation sites excluding steroid dienone is 1. The summed E-state index contributed by atoms with van der Waals surface area (Å²) < 4.78 is 1.72. The lowest BCUT2D eigenvalue weighted by Crippen LogP contribution is -2.48. The lowest BCUT2D eigenvalue weighted by Gasteiger charge is -2.30. The van der Waals surface area contributed by atoms with Gasteiger partial charge in [0.2, 0.25) is 11.8 Å². The van der Waals surface area contributed by atoms with E-state index >= 15 is 0 Å². The number of rotatable bonds is 12. The molecule has 3 aliphatic heterocycles. The molecule has 0 saturated carbocycles. The van der Waals surface area contributed by atoms with Gasteiger partial charge in [0, 0.05) is 61.8 Å². The number of aromatic nitrogens is 3. The number of benzene rings is 3. The molecule has 13 heteroatoms. The second-order valence-corrected chi connectivity index (χ2v) is 13.5. The maximum absolute atomic E-state index is 14.4. The average Bonchev–Trinajstić information content (AvgIpc) is 3.72. The molecule has 0 radical (unpaired) electrons. The summed E-state index contributed by atoms with van der Waals surface area (Å²) in [6, 6.07) is 22.7. The number of aryl methyl sites for hydroxylation is 1. The number of carbonyl (C=O) groups excluding carboxylic acids is 3. The van der Waals surface area contributed by atoms with Crippen molar-refractivity contribution >= 4 is 34.8 Å². The van der Waals surface area contributed by atoms with Crippen LogP contribution < -0.4 is 25.3 Å². The maximum atomic E-state index is 14.4. The Labute approximate surface area is 302 Å². The minimum Gasteiger partial charge on any atom is -0.395 e. The number of piperazine rings is 2. The van der Waals surface area contributed by atoms with Crippen LogP contribution in [0.3, 0.4) is 0 Å². The molecule has 4 N–H and O–H groups in total. The summed E-state index contributed by atoms with van der Waals surface area (Å²) in [6.07, 6.45) is 6.18. The summed E-state index contributed by atoms with van der Waals surface area (Å²) >= 11 is 0. The molecular weight excluding hydrogens is 660 g/mol. The van der Waals surface area contributed by atoms with Crippen molar-refractivity contribution in [3.8, 4) is 0 Å². The van der Waals surface area contributed by atoms with Gasteiger partial charge in [0.1, 0.15) is 0 Å². The summed E-state index contributed by atoms with van der Waals surface area (Å²) in [5.74, 6) is -1.44. The number of fused-ring (bicyclic) bond motifs is 1. The van der Waals surface area contributed by atoms with Crippen molar-refractivity contribution in [3.05, 3.63) is 114 Å². The normalized spacial score (nSPS) is 20.5. The van der Waals surface area contributed by atoms with Gasteiger partial charge in [-0.3, -0.25) is 19.1 Å². The first-order valence-electron chi connectivity index (χ1n) is 17.8. The van der Waals surface area contributed by atoms with E-state index in [2.05, 4.69) is 20.9 Å². The quantitative estimate of drug-likeness (QED) is 0.163. The zero-order chi connectivity index (χ0) is 36.2. The third-order valence-electron chi connectivity index (χ3n) is 10.2. The fourth-order valence-electron chi connectivity index (χ4n) is 7.31. The Hall–Kier alpha value is -5.21.